The van der Waals surface area contributed by atoms with E-state index in [1.54, 1.807) is 6.92 Å². The van der Waals surface area contributed by atoms with Crippen LogP contribution in [0.5, 0.6) is 0 Å². The number of amides is 1. The fourth-order valence-corrected chi connectivity index (χ4v) is 0.759. The third-order valence-electron chi connectivity index (χ3n) is 1.41. The van der Waals surface area contributed by atoms with Gasteiger partial charge in [-0.1, -0.05) is 6.92 Å². The van der Waals surface area contributed by atoms with Crippen LogP contribution in [0.25, 0.3) is 0 Å². The molecule has 72 valence electrons. The zero-order valence-corrected chi connectivity index (χ0v) is 7.00. The van der Waals surface area contributed by atoms with Gasteiger partial charge in [0.1, 0.15) is 0 Å². The van der Waals surface area contributed by atoms with Gasteiger partial charge in [-0.2, -0.15) is 13.9 Å². The first-order valence-corrected chi connectivity index (χ1v) is 3.75. The molecule has 0 spiro atoms. The van der Waals surface area contributed by atoms with Crippen LogP contribution in [0, 0.1) is 0 Å². The topological polar surface area (TPSA) is 46.9 Å². The molecule has 0 bridgehead atoms. The van der Waals surface area contributed by atoms with E-state index in [1.165, 1.54) is 6.20 Å². The molecule has 4 nitrogen and oxygen atoms in total. The van der Waals surface area contributed by atoms with Crippen molar-refractivity contribution >= 4 is 11.6 Å². The minimum atomic E-state index is -2.67. The van der Waals surface area contributed by atoms with Gasteiger partial charge in [-0.05, 0) is 0 Å². The molecule has 1 N–H and O–H groups in total. The quantitative estimate of drug-likeness (QED) is 0.785. The van der Waals surface area contributed by atoms with Gasteiger partial charge in [0.05, 0.1) is 18.1 Å². The summed E-state index contributed by atoms with van der Waals surface area (Å²) in [6.45, 7) is -1.00. The highest BCUT2D eigenvalue weighted by molar-refractivity contribution is 5.90. The number of nitrogens with zero attached hydrogens (tertiary/aromatic N) is 2. The van der Waals surface area contributed by atoms with Gasteiger partial charge in [0.2, 0.25) is 5.91 Å². The lowest BCUT2D eigenvalue weighted by molar-refractivity contribution is -0.115. The first-order valence-electron chi connectivity index (χ1n) is 3.75. The average Bonchev–Trinajstić information content (AvgIpc) is 2.52. The van der Waals surface area contributed by atoms with Crippen LogP contribution in [0.2, 0.25) is 0 Å². The van der Waals surface area contributed by atoms with E-state index in [-0.39, 0.29) is 11.6 Å². The Kier molecular flexibility index (Phi) is 2.94. The van der Waals surface area contributed by atoms with Crippen molar-refractivity contribution in [2.45, 2.75) is 19.9 Å². The van der Waals surface area contributed by atoms with Crippen molar-refractivity contribution in [2.75, 3.05) is 5.32 Å². The van der Waals surface area contributed by atoms with E-state index < -0.39 is 6.55 Å². The molecule has 0 unspecified atom stereocenters. The number of carbonyl (C=O) groups is 1. The lowest BCUT2D eigenvalue weighted by Gasteiger charge is -1.98. The van der Waals surface area contributed by atoms with E-state index in [0.717, 1.165) is 6.20 Å². The van der Waals surface area contributed by atoms with Gasteiger partial charge in [0, 0.05) is 6.42 Å². The van der Waals surface area contributed by atoms with Gasteiger partial charge in [0.15, 0.2) is 0 Å². The second-order valence-electron chi connectivity index (χ2n) is 2.39. The Labute approximate surface area is 73.5 Å². The number of carbonyl (C=O) groups excluding carboxylic acids is 1. The highest BCUT2D eigenvalue weighted by atomic mass is 19.3. The number of hydrogen-bond donors (Lipinski definition) is 1. The summed E-state index contributed by atoms with van der Waals surface area (Å²) in [7, 11) is 0. The third-order valence-corrected chi connectivity index (χ3v) is 1.41. The van der Waals surface area contributed by atoms with Gasteiger partial charge in [-0.3, -0.25) is 4.79 Å². The third kappa shape index (κ3) is 2.50. The number of rotatable bonds is 3. The van der Waals surface area contributed by atoms with Crippen molar-refractivity contribution < 1.29 is 13.6 Å². The number of nitrogens with one attached hydrogen (secondary N) is 1. The Morgan fingerprint density at radius 1 is 1.77 bits per heavy atom. The maximum Gasteiger partial charge on any atom is 0.333 e. The zero-order chi connectivity index (χ0) is 9.84. The van der Waals surface area contributed by atoms with Gasteiger partial charge in [0.25, 0.3) is 0 Å². The van der Waals surface area contributed by atoms with Crippen LogP contribution in [0.1, 0.15) is 19.9 Å². The summed E-state index contributed by atoms with van der Waals surface area (Å²) in [4.78, 5) is 10.8. The Balaban J connectivity index is 2.64. The number of halogens is 2. The first kappa shape index (κ1) is 9.63. The van der Waals surface area contributed by atoms with Crippen LogP contribution in [0.3, 0.4) is 0 Å². The molecule has 0 aromatic carbocycles. The highest BCUT2D eigenvalue weighted by Gasteiger charge is 2.08. The fourth-order valence-electron chi connectivity index (χ4n) is 0.759. The largest absolute Gasteiger partial charge is 0.333 e. The average molecular weight is 189 g/mol. The van der Waals surface area contributed by atoms with Crippen LogP contribution in [0.15, 0.2) is 12.4 Å². The molecule has 0 saturated heterocycles. The van der Waals surface area contributed by atoms with Crippen LogP contribution in [0.4, 0.5) is 14.5 Å². The molecule has 0 aliphatic rings. The number of alkyl halides is 2. The second kappa shape index (κ2) is 3.97. The van der Waals surface area contributed by atoms with Crippen LogP contribution >= 0.6 is 0 Å². The minimum absolute atomic E-state index is 0.228. The monoisotopic (exact) mass is 189 g/mol. The summed E-state index contributed by atoms with van der Waals surface area (Å²) in [6, 6.07) is 0. The lowest BCUT2D eigenvalue weighted by Crippen LogP contribution is -2.08. The van der Waals surface area contributed by atoms with Crippen LogP contribution in [-0.2, 0) is 4.79 Å². The summed E-state index contributed by atoms with van der Waals surface area (Å²) in [5.74, 6) is -0.228. The number of aromatic nitrogens is 2. The Morgan fingerprint density at radius 2 is 2.46 bits per heavy atom. The summed E-state index contributed by atoms with van der Waals surface area (Å²) < 4.78 is 24.5. The van der Waals surface area contributed by atoms with E-state index in [1.807, 2.05) is 0 Å². The molecule has 0 fully saturated rings. The van der Waals surface area contributed by atoms with Crippen LogP contribution in [-0.4, -0.2) is 15.7 Å². The molecule has 1 aromatic heterocycles. The number of hydrogen-bond acceptors (Lipinski definition) is 2. The van der Waals surface area contributed by atoms with Crippen molar-refractivity contribution in [1.29, 1.82) is 0 Å². The molecule has 6 heteroatoms. The van der Waals surface area contributed by atoms with E-state index in [4.69, 9.17) is 0 Å². The van der Waals surface area contributed by atoms with Crippen molar-refractivity contribution in [1.82, 2.24) is 9.78 Å². The maximum atomic E-state index is 12.0. The van der Waals surface area contributed by atoms with Crippen molar-refractivity contribution in [3.8, 4) is 0 Å². The van der Waals surface area contributed by atoms with E-state index >= 15 is 0 Å². The minimum Gasteiger partial charge on any atom is -0.323 e. The molecule has 0 atom stereocenters. The van der Waals surface area contributed by atoms with Crippen LogP contribution < -0.4 is 5.32 Å². The zero-order valence-electron chi connectivity index (χ0n) is 7.00. The molecule has 1 rings (SSSR count). The lowest BCUT2D eigenvalue weighted by atomic mass is 10.4. The SMILES string of the molecule is CCC(=O)Nc1cnn(C(F)F)c1. The van der Waals surface area contributed by atoms with Gasteiger partial charge in [-0.15, -0.1) is 0 Å². The molecule has 0 saturated carbocycles. The molecule has 0 aliphatic heterocycles. The first-order chi connectivity index (χ1) is 6.13. The molecule has 1 aromatic rings. The Hall–Kier alpha value is -1.46. The van der Waals surface area contributed by atoms with Crippen molar-refractivity contribution in [3.63, 3.8) is 0 Å². The predicted octanol–water partition coefficient (Wildman–Crippen LogP) is 1.63. The van der Waals surface area contributed by atoms with Gasteiger partial charge >= 0.3 is 6.55 Å². The molecular formula is C7H9F2N3O. The predicted molar refractivity (Wildman–Crippen MR) is 42.4 cm³/mol. The van der Waals surface area contributed by atoms with E-state index in [0.29, 0.717) is 11.1 Å². The van der Waals surface area contributed by atoms with E-state index in [9.17, 15) is 13.6 Å². The van der Waals surface area contributed by atoms with Gasteiger partial charge in [-0.25, -0.2) is 4.68 Å². The molecule has 1 heterocycles. The standard InChI is InChI=1S/C7H9F2N3O/c1-2-6(13)11-5-3-10-12(4-5)7(8)9/h3-4,7H,2H2,1H3,(H,11,13). The molecule has 13 heavy (non-hydrogen) atoms. The summed E-state index contributed by atoms with van der Waals surface area (Å²) in [6.07, 6.45) is 2.57. The summed E-state index contributed by atoms with van der Waals surface area (Å²) in [5.41, 5.74) is 0.284. The summed E-state index contributed by atoms with van der Waals surface area (Å²) >= 11 is 0. The van der Waals surface area contributed by atoms with Gasteiger partial charge < -0.3 is 5.32 Å². The summed E-state index contributed by atoms with van der Waals surface area (Å²) in [5, 5.41) is 5.77. The second-order valence-corrected chi connectivity index (χ2v) is 2.39. The fraction of sp³-hybridized carbons (Fsp3) is 0.429. The highest BCUT2D eigenvalue weighted by Crippen LogP contribution is 2.12. The smallest absolute Gasteiger partial charge is 0.323 e. The molecule has 0 radical (unpaired) electrons. The van der Waals surface area contributed by atoms with Crippen molar-refractivity contribution in [2.24, 2.45) is 0 Å². The Bertz CT molecular complexity index is 298. The normalized spacial score (nSPS) is 10.5. The molecular weight excluding hydrogens is 180 g/mol. The van der Waals surface area contributed by atoms with E-state index in [2.05, 4.69) is 10.4 Å². The molecule has 1 amide bonds. The number of anilines is 1. The Morgan fingerprint density at radius 3 is 2.92 bits per heavy atom. The molecule has 0 aliphatic carbocycles. The van der Waals surface area contributed by atoms with Crippen molar-refractivity contribution in [3.05, 3.63) is 12.4 Å². The maximum absolute atomic E-state index is 12.0.